The lowest BCUT2D eigenvalue weighted by Crippen LogP contribution is -2.33. The monoisotopic (exact) mass is 330 g/mol. The minimum atomic E-state index is -0.542. The lowest BCUT2D eigenvalue weighted by Gasteiger charge is -2.18. The smallest absolute Gasteiger partial charge is 0.282 e. The third-order valence-corrected chi connectivity index (χ3v) is 4.40. The van der Waals surface area contributed by atoms with Crippen LogP contribution in [0.3, 0.4) is 0 Å². The number of nitrogens with zero attached hydrogens (tertiary/aromatic N) is 1. The number of carbonyl (C=O) groups excluding carboxylic acids is 1. The Kier molecular flexibility index (Phi) is 5.76. The van der Waals surface area contributed by atoms with Gasteiger partial charge in [0.25, 0.3) is 5.69 Å². The fourth-order valence-corrected chi connectivity index (χ4v) is 3.24. The van der Waals surface area contributed by atoms with Gasteiger partial charge in [0.15, 0.2) is 0 Å². The van der Waals surface area contributed by atoms with E-state index in [0.29, 0.717) is 4.90 Å². The second-order valence-electron chi connectivity index (χ2n) is 5.30. The molecule has 2 aromatic rings. The second-order valence-corrected chi connectivity index (χ2v) is 6.44. The molecule has 0 aromatic heterocycles. The number of nitro groups is 1. The lowest BCUT2D eigenvalue weighted by atomic mass is 10.1. The molecule has 1 amide bonds. The standard InChI is InChI=1S/C17H18N2O3S/c1-12(2)18-17(20)16(13-8-4-3-5-9-13)23-15-11-7-6-10-14(15)19(21)22/h3-12,16H,1-2H3,(H,18,20)/t16-/m1/s1. The summed E-state index contributed by atoms with van der Waals surface area (Å²) in [6.45, 7) is 3.77. The van der Waals surface area contributed by atoms with Gasteiger partial charge >= 0.3 is 0 Å². The van der Waals surface area contributed by atoms with Gasteiger partial charge in [0.05, 0.1) is 9.82 Å². The number of nitro benzene ring substituents is 1. The van der Waals surface area contributed by atoms with Crippen LogP contribution in [0.1, 0.15) is 24.7 Å². The highest BCUT2D eigenvalue weighted by atomic mass is 32.2. The summed E-state index contributed by atoms with van der Waals surface area (Å²) >= 11 is 1.19. The molecule has 1 atom stereocenters. The van der Waals surface area contributed by atoms with Gasteiger partial charge in [-0.3, -0.25) is 14.9 Å². The molecular weight excluding hydrogens is 312 g/mol. The van der Waals surface area contributed by atoms with Crippen LogP contribution in [0.4, 0.5) is 5.69 Å². The van der Waals surface area contributed by atoms with Crippen molar-refractivity contribution in [3.63, 3.8) is 0 Å². The van der Waals surface area contributed by atoms with Crippen LogP contribution < -0.4 is 5.32 Å². The average Bonchev–Trinajstić information content (AvgIpc) is 2.53. The zero-order valence-electron chi connectivity index (χ0n) is 12.9. The van der Waals surface area contributed by atoms with Crippen molar-refractivity contribution in [2.24, 2.45) is 0 Å². The van der Waals surface area contributed by atoms with E-state index in [-0.39, 0.29) is 17.6 Å². The average molecular weight is 330 g/mol. The molecule has 0 unspecified atom stereocenters. The molecule has 0 heterocycles. The maximum Gasteiger partial charge on any atom is 0.282 e. The van der Waals surface area contributed by atoms with Crippen LogP contribution in [-0.2, 0) is 4.79 Å². The lowest BCUT2D eigenvalue weighted by molar-refractivity contribution is -0.387. The van der Waals surface area contributed by atoms with Crippen LogP contribution >= 0.6 is 11.8 Å². The van der Waals surface area contributed by atoms with E-state index in [1.807, 2.05) is 44.2 Å². The van der Waals surface area contributed by atoms with Crippen molar-refractivity contribution in [2.75, 3.05) is 0 Å². The largest absolute Gasteiger partial charge is 0.353 e. The number of rotatable bonds is 6. The van der Waals surface area contributed by atoms with Crippen molar-refractivity contribution in [1.29, 1.82) is 0 Å². The van der Waals surface area contributed by atoms with E-state index < -0.39 is 10.2 Å². The highest BCUT2D eigenvalue weighted by molar-refractivity contribution is 8.00. The van der Waals surface area contributed by atoms with Gasteiger partial charge in [-0.25, -0.2) is 0 Å². The van der Waals surface area contributed by atoms with Crippen molar-refractivity contribution < 1.29 is 9.72 Å². The van der Waals surface area contributed by atoms with Crippen molar-refractivity contribution >= 4 is 23.4 Å². The Morgan fingerprint density at radius 1 is 1.09 bits per heavy atom. The van der Waals surface area contributed by atoms with E-state index in [9.17, 15) is 14.9 Å². The van der Waals surface area contributed by atoms with Gasteiger partial charge in [0.1, 0.15) is 5.25 Å². The van der Waals surface area contributed by atoms with Crippen molar-refractivity contribution in [3.05, 3.63) is 70.3 Å². The summed E-state index contributed by atoms with van der Waals surface area (Å²) < 4.78 is 0. The predicted octanol–water partition coefficient (Wildman–Crippen LogP) is 3.95. The summed E-state index contributed by atoms with van der Waals surface area (Å²) in [5, 5.41) is 13.5. The number of carbonyl (C=O) groups is 1. The molecule has 0 saturated heterocycles. The molecular formula is C17H18N2O3S. The van der Waals surface area contributed by atoms with E-state index in [1.165, 1.54) is 17.8 Å². The summed E-state index contributed by atoms with van der Waals surface area (Å²) in [6.07, 6.45) is 0. The number of amides is 1. The molecule has 0 aliphatic carbocycles. The maximum atomic E-state index is 12.5. The van der Waals surface area contributed by atoms with E-state index in [0.717, 1.165) is 5.56 Å². The summed E-state index contributed by atoms with van der Waals surface area (Å²) in [6, 6.07) is 15.8. The number of para-hydroxylation sites is 1. The van der Waals surface area contributed by atoms with Gasteiger partial charge in [-0.2, -0.15) is 0 Å². The zero-order valence-corrected chi connectivity index (χ0v) is 13.7. The van der Waals surface area contributed by atoms with Gasteiger partial charge in [0, 0.05) is 12.1 Å². The molecule has 0 aliphatic heterocycles. The summed E-state index contributed by atoms with van der Waals surface area (Å²) in [5.41, 5.74) is 0.824. The first-order chi connectivity index (χ1) is 11.0. The highest BCUT2D eigenvalue weighted by Gasteiger charge is 2.25. The number of hydrogen-bond donors (Lipinski definition) is 1. The fraction of sp³-hybridized carbons (Fsp3) is 0.235. The van der Waals surface area contributed by atoms with Gasteiger partial charge in [0.2, 0.25) is 5.91 Å². The molecule has 0 bridgehead atoms. The third kappa shape index (κ3) is 4.56. The minimum absolute atomic E-state index is 0.0000661. The first-order valence-electron chi connectivity index (χ1n) is 7.24. The van der Waals surface area contributed by atoms with Crippen LogP contribution in [0.15, 0.2) is 59.5 Å². The topological polar surface area (TPSA) is 72.2 Å². The fourth-order valence-electron chi connectivity index (χ4n) is 2.10. The Hall–Kier alpha value is -2.34. The Morgan fingerprint density at radius 2 is 1.70 bits per heavy atom. The summed E-state index contributed by atoms with van der Waals surface area (Å²) in [5.74, 6) is -0.158. The Morgan fingerprint density at radius 3 is 2.30 bits per heavy atom. The minimum Gasteiger partial charge on any atom is -0.353 e. The second kappa shape index (κ2) is 7.78. The first kappa shape index (κ1) is 17.0. The van der Waals surface area contributed by atoms with Crippen LogP contribution in [0.5, 0.6) is 0 Å². The Balaban J connectivity index is 2.36. The van der Waals surface area contributed by atoms with Crippen molar-refractivity contribution in [1.82, 2.24) is 5.32 Å². The number of benzene rings is 2. The molecule has 0 saturated carbocycles. The molecule has 0 fully saturated rings. The van der Waals surface area contributed by atoms with Crippen LogP contribution in [-0.4, -0.2) is 16.9 Å². The van der Waals surface area contributed by atoms with Gasteiger partial charge in [-0.1, -0.05) is 42.5 Å². The maximum absolute atomic E-state index is 12.5. The molecule has 120 valence electrons. The summed E-state index contributed by atoms with van der Waals surface area (Å²) in [4.78, 5) is 23.8. The molecule has 6 heteroatoms. The third-order valence-electron chi connectivity index (χ3n) is 3.08. The Bertz CT molecular complexity index is 689. The zero-order chi connectivity index (χ0) is 16.8. The predicted molar refractivity (Wildman–Crippen MR) is 91.4 cm³/mol. The Labute approximate surface area is 139 Å². The van der Waals surface area contributed by atoms with Crippen molar-refractivity contribution in [2.45, 2.75) is 30.0 Å². The number of nitrogens with one attached hydrogen (secondary N) is 1. The first-order valence-corrected chi connectivity index (χ1v) is 8.12. The molecule has 0 radical (unpaired) electrons. The van der Waals surface area contributed by atoms with Crippen LogP contribution in [0.2, 0.25) is 0 Å². The quantitative estimate of drug-likeness (QED) is 0.494. The van der Waals surface area contributed by atoms with E-state index >= 15 is 0 Å². The van der Waals surface area contributed by atoms with Crippen LogP contribution in [0, 0.1) is 10.1 Å². The molecule has 23 heavy (non-hydrogen) atoms. The van der Waals surface area contributed by atoms with Gasteiger partial charge in [-0.05, 0) is 25.5 Å². The normalized spacial score (nSPS) is 12.0. The highest BCUT2D eigenvalue weighted by Crippen LogP contribution is 2.39. The van der Waals surface area contributed by atoms with E-state index in [2.05, 4.69) is 5.32 Å². The molecule has 0 spiro atoms. The molecule has 0 aliphatic rings. The number of thioether (sulfide) groups is 1. The van der Waals surface area contributed by atoms with Gasteiger partial charge < -0.3 is 5.32 Å². The van der Waals surface area contributed by atoms with E-state index in [4.69, 9.17) is 0 Å². The summed E-state index contributed by atoms with van der Waals surface area (Å²) in [7, 11) is 0. The molecule has 2 rings (SSSR count). The number of hydrogen-bond acceptors (Lipinski definition) is 4. The van der Waals surface area contributed by atoms with Crippen molar-refractivity contribution in [3.8, 4) is 0 Å². The molecule has 5 nitrogen and oxygen atoms in total. The molecule has 2 aromatic carbocycles. The molecule has 1 N–H and O–H groups in total. The van der Waals surface area contributed by atoms with E-state index in [1.54, 1.807) is 18.2 Å². The van der Waals surface area contributed by atoms with Gasteiger partial charge in [-0.15, -0.1) is 11.8 Å². The van der Waals surface area contributed by atoms with Crippen LogP contribution in [0.25, 0.3) is 0 Å². The SMILES string of the molecule is CC(C)NC(=O)[C@H](Sc1ccccc1[N+](=O)[O-])c1ccccc1.